The van der Waals surface area contributed by atoms with Gasteiger partial charge in [0.15, 0.2) is 17.7 Å². The van der Waals surface area contributed by atoms with E-state index < -0.39 is 5.91 Å². The third-order valence-electron chi connectivity index (χ3n) is 3.06. The summed E-state index contributed by atoms with van der Waals surface area (Å²) in [5.74, 6) is 1.50. The van der Waals surface area contributed by atoms with E-state index in [9.17, 15) is 10.0 Å². The van der Waals surface area contributed by atoms with Crippen molar-refractivity contribution in [2.24, 2.45) is 0 Å². The molecule has 22 heavy (non-hydrogen) atoms. The molecule has 0 saturated carbocycles. The van der Waals surface area contributed by atoms with E-state index >= 15 is 0 Å². The van der Waals surface area contributed by atoms with Crippen molar-refractivity contribution in [1.82, 2.24) is 5.32 Å². The second-order valence-electron chi connectivity index (χ2n) is 4.53. The van der Waals surface area contributed by atoms with Crippen molar-refractivity contribution in [2.45, 2.75) is 0 Å². The van der Waals surface area contributed by atoms with E-state index in [0.29, 0.717) is 22.0 Å². The summed E-state index contributed by atoms with van der Waals surface area (Å²) < 4.78 is 16.5. The molecule has 1 N–H and O–H groups in total. The number of benzene rings is 1. The largest absolute Gasteiger partial charge is 0.618 e. The summed E-state index contributed by atoms with van der Waals surface area (Å²) in [5, 5.41) is 14.0. The number of carbonyl (C=O) groups excluding carboxylic acids is 1. The fourth-order valence-corrected chi connectivity index (χ4v) is 1.99. The predicted octanol–water partition coefficient (Wildman–Crippen LogP) is 0.857. The Balaban J connectivity index is 1.48. The molecule has 0 fully saturated rings. The van der Waals surface area contributed by atoms with Gasteiger partial charge in [-0.2, -0.15) is 4.73 Å². The molecule has 0 saturated heterocycles. The minimum Gasteiger partial charge on any atom is -0.618 e. The molecule has 0 unspecified atom stereocenters. The molecule has 114 valence electrons. The minimum absolute atomic E-state index is 0.0468. The summed E-state index contributed by atoms with van der Waals surface area (Å²) in [6.07, 6.45) is 1.28. The molecule has 0 atom stereocenters. The maximum absolute atomic E-state index is 11.8. The lowest BCUT2D eigenvalue weighted by atomic mass is 10.3. The van der Waals surface area contributed by atoms with Crippen LogP contribution in [0.2, 0.25) is 0 Å². The van der Waals surface area contributed by atoms with Crippen molar-refractivity contribution in [3.8, 4) is 17.2 Å². The summed E-state index contributed by atoms with van der Waals surface area (Å²) in [5.41, 5.74) is 0.0468. The molecule has 0 radical (unpaired) electrons. The van der Waals surface area contributed by atoms with E-state index in [1.54, 1.807) is 30.3 Å². The number of rotatable bonds is 5. The Morgan fingerprint density at radius 3 is 3.00 bits per heavy atom. The van der Waals surface area contributed by atoms with Crippen LogP contribution in [0, 0.1) is 5.21 Å². The topological polar surface area (TPSA) is 83.7 Å². The maximum Gasteiger partial charge on any atom is 0.317 e. The second kappa shape index (κ2) is 6.21. The summed E-state index contributed by atoms with van der Waals surface area (Å²) in [6, 6.07) is 9.91. The molecule has 7 heteroatoms. The summed E-state index contributed by atoms with van der Waals surface area (Å²) in [6.45, 7) is 0.764. The third kappa shape index (κ3) is 3.03. The molecule has 0 aliphatic carbocycles. The van der Waals surface area contributed by atoms with Gasteiger partial charge in [0.05, 0.1) is 6.54 Å². The van der Waals surface area contributed by atoms with Crippen molar-refractivity contribution in [2.75, 3.05) is 19.9 Å². The monoisotopic (exact) mass is 302 g/mol. The molecule has 0 spiro atoms. The second-order valence-corrected chi connectivity index (χ2v) is 4.53. The van der Waals surface area contributed by atoms with E-state index in [0.717, 1.165) is 0 Å². The molecule has 2 aromatic rings. The Morgan fingerprint density at radius 2 is 2.14 bits per heavy atom. The molecule has 1 aromatic carbocycles. The number of hydrogen-bond acceptors (Lipinski definition) is 5. The van der Waals surface area contributed by atoms with Gasteiger partial charge in [-0.25, -0.2) is 0 Å². The average Bonchev–Trinajstić information content (AvgIpc) is 2.99. The number of amides is 1. The number of pyridine rings is 1. The molecule has 3 rings (SSSR count). The molecule has 1 aliphatic heterocycles. The first-order chi connectivity index (χ1) is 10.7. The lowest BCUT2D eigenvalue weighted by molar-refractivity contribution is -0.607. The zero-order chi connectivity index (χ0) is 15.4. The SMILES string of the molecule is O=C(NCCOc1ccc2c(c1)OCO2)c1cccc[n+]1[O-]. The highest BCUT2D eigenvalue weighted by Crippen LogP contribution is 2.34. The third-order valence-corrected chi connectivity index (χ3v) is 3.06. The van der Waals surface area contributed by atoms with E-state index in [4.69, 9.17) is 14.2 Å². The molecule has 2 heterocycles. The number of aromatic nitrogens is 1. The fraction of sp³-hybridized carbons (Fsp3) is 0.200. The van der Waals surface area contributed by atoms with Gasteiger partial charge < -0.3 is 24.7 Å². The number of hydrogen-bond donors (Lipinski definition) is 1. The highest BCUT2D eigenvalue weighted by Gasteiger charge is 2.15. The average molecular weight is 302 g/mol. The number of nitrogens with zero attached hydrogens (tertiary/aromatic N) is 1. The first-order valence-electron chi connectivity index (χ1n) is 6.73. The lowest BCUT2D eigenvalue weighted by Crippen LogP contribution is -2.40. The summed E-state index contributed by atoms with van der Waals surface area (Å²) >= 11 is 0. The molecule has 1 amide bonds. The molecular weight excluding hydrogens is 288 g/mol. The quantitative estimate of drug-likeness (QED) is 0.503. The Bertz CT molecular complexity index is 689. The van der Waals surface area contributed by atoms with Gasteiger partial charge in [-0.3, -0.25) is 4.79 Å². The van der Waals surface area contributed by atoms with Crippen LogP contribution in [-0.4, -0.2) is 25.9 Å². The smallest absolute Gasteiger partial charge is 0.317 e. The van der Waals surface area contributed by atoms with Crippen LogP contribution in [0.1, 0.15) is 10.5 Å². The van der Waals surface area contributed by atoms with Crippen LogP contribution in [0.25, 0.3) is 0 Å². The number of ether oxygens (including phenoxy) is 3. The highest BCUT2D eigenvalue weighted by atomic mass is 16.7. The van der Waals surface area contributed by atoms with Crippen molar-refractivity contribution >= 4 is 5.91 Å². The van der Waals surface area contributed by atoms with E-state index in [1.165, 1.54) is 12.3 Å². The van der Waals surface area contributed by atoms with Crippen LogP contribution in [0.5, 0.6) is 17.2 Å². The normalized spacial score (nSPS) is 12.0. The van der Waals surface area contributed by atoms with Crippen LogP contribution >= 0.6 is 0 Å². The molecule has 7 nitrogen and oxygen atoms in total. The van der Waals surface area contributed by atoms with Crippen LogP contribution in [0.15, 0.2) is 42.6 Å². The fourth-order valence-electron chi connectivity index (χ4n) is 1.99. The van der Waals surface area contributed by atoms with Crippen LogP contribution < -0.4 is 24.3 Å². The van der Waals surface area contributed by atoms with Gasteiger partial charge in [-0.1, -0.05) is 0 Å². The van der Waals surface area contributed by atoms with Crippen molar-refractivity contribution in [1.29, 1.82) is 0 Å². The number of nitrogens with one attached hydrogen (secondary N) is 1. The lowest BCUT2D eigenvalue weighted by Gasteiger charge is -2.08. The first-order valence-corrected chi connectivity index (χ1v) is 6.73. The van der Waals surface area contributed by atoms with Crippen molar-refractivity contribution in [3.05, 3.63) is 53.5 Å². The minimum atomic E-state index is -0.440. The molecule has 1 aromatic heterocycles. The Kier molecular flexibility index (Phi) is 3.95. The van der Waals surface area contributed by atoms with Gasteiger partial charge in [-0.05, 0) is 18.2 Å². The Morgan fingerprint density at radius 1 is 1.27 bits per heavy atom. The zero-order valence-electron chi connectivity index (χ0n) is 11.7. The molecular formula is C15H14N2O5. The van der Waals surface area contributed by atoms with Crippen LogP contribution in [0.4, 0.5) is 0 Å². The molecule has 0 bridgehead atoms. The van der Waals surface area contributed by atoms with Gasteiger partial charge in [0, 0.05) is 18.2 Å². The molecule has 1 aliphatic rings. The predicted molar refractivity (Wildman–Crippen MR) is 75.8 cm³/mol. The van der Waals surface area contributed by atoms with Gasteiger partial charge >= 0.3 is 5.91 Å². The van der Waals surface area contributed by atoms with Crippen molar-refractivity contribution < 1.29 is 23.7 Å². The van der Waals surface area contributed by atoms with Crippen molar-refractivity contribution in [3.63, 3.8) is 0 Å². The summed E-state index contributed by atoms with van der Waals surface area (Å²) in [4.78, 5) is 11.8. The van der Waals surface area contributed by atoms with Gasteiger partial charge in [-0.15, -0.1) is 0 Å². The van der Waals surface area contributed by atoms with Gasteiger partial charge in [0.2, 0.25) is 6.79 Å². The number of fused-ring (bicyclic) bond motifs is 1. The summed E-state index contributed by atoms with van der Waals surface area (Å²) in [7, 11) is 0. The number of carbonyl (C=O) groups is 1. The van der Waals surface area contributed by atoms with Crippen LogP contribution in [0.3, 0.4) is 0 Å². The maximum atomic E-state index is 11.8. The van der Waals surface area contributed by atoms with Crippen LogP contribution in [-0.2, 0) is 0 Å². The van der Waals surface area contributed by atoms with Gasteiger partial charge in [0.25, 0.3) is 5.69 Å². The Hall–Kier alpha value is -2.96. The van der Waals surface area contributed by atoms with E-state index in [2.05, 4.69) is 5.32 Å². The first kappa shape index (κ1) is 14.0. The van der Waals surface area contributed by atoms with Gasteiger partial charge in [0.1, 0.15) is 12.4 Å². The zero-order valence-corrected chi connectivity index (χ0v) is 11.7. The van der Waals surface area contributed by atoms with E-state index in [1.807, 2.05) is 0 Å². The van der Waals surface area contributed by atoms with E-state index in [-0.39, 0.29) is 25.6 Å². The highest BCUT2D eigenvalue weighted by molar-refractivity contribution is 5.90. The standard InChI is InChI=1S/C15H14N2O5/c18-15(12-3-1-2-7-17(12)19)16-6-8-20-11-4-5-13-14(9-11)22-10-21-13/h1-5,7,9H,6,8,10H2,(H,16,18). The Labute approximate surface area is 126 Å².